The maximum Gasteiger partial charge on any atom is 0.101 e. The highest BCUT2D eigenvalue weighted by Gasteiger charge is 2.68. The van der Waals surface area contributed by atoms with Crippen molar-refractivity contribution in [3.63, 3.8) is 0 Å². The summed E-state index contributed by atoms with van der Waals surface area (Å²) in [5.41, 5.74) is 0. The standard InChI is InChI=1S/2C17H24O/c1-2-18-15-7-11-6-14(15)17-13(11)8-12-9-3-4-10(5-9)16(12)17;1-2-18-15-7-9-6-14(15)17-13-8-12(16(9)17)10-4-3-5-11(10)13/h2*2,9-17H,1,3-8H2. The largest absolute Gasteiger partial charge is 0.498 e. The Balaban J connectivity index is 0.000000108. The molecule has 0 aromatic heterocycles. The second-order valence-corrected chi connectivity index (χ2v) is 15.5. The molecule has 18 atom stereocenters. The first-order chi connectivity index (χ1) is 17.7. The molecule has 0 N–H and O–H groups in total. The van der Waals surface area contributed by atoms with Gasteiger partial charge in [0.1, 0.15) is 12.2 Å². The molecule has 10 aliphatic carbocycles. The molecular formula is C34H48O2. The van der Waals surface area contributed by atoms with Gasteiger partial charge in [-0.05, 0) is 165 Å². The van der Waals surface area contributed by atoms with Gasteiger partial charge in [0.25, 0.3) is 0 Å². The molecule has 0 saturated heterocycles. The molecule has 8 bridgehead atoms. The van der Waals surface area contributed by atoms with E-state index < -0.39 is 0 Å². The quantitative estimate of drug-likeness (QED) is 0.298. The summed E-state index contributed by atoms with van der Waals surface area (Å²) in [6.07, 6.45) is 22.7. The predicted molar refractivity (Wildman–Crippen MR) is 141 cm³/mol. The van der Waals surface area contributed by atoms with E-state index in [1.54, 1.807) is 57.5 Å². The number of fused-ring (bicyclic) bond motifs is 23. The highest BCUT2D eigenvalue weighted by molar-refractivity contribution is 5.17. The van der Waals surface area contributed by atoms with Crippen molar-refractivity contribution >= 4 is 0 Å². The Morgan fingerprint density at radius 1 is 0.417 bits per heavy atom. The van der Waals surface area contributed by atoms with Crippen molar-refractivity contribution in [2.75, 3.05) is 0 Å². The van der Waals surface area contributed by atoms with Gasteiger partial charge in [-0.1, -0.05) is 19.6 Å². The van der Waals surface area contributed by atoms with E-state index in [9.17, 15) is 0 Å². The Labute approximate surface area is 219 Å². The average molecular weight is 489 g/mol. The molecule has 10 saturated carbocycles. The van der Waals surface area contributed by atoms with Gasteiger partial charge in [-0.2, -0.15) is 0 Å². The van der Waals surface area contributed by atoms with Gasteiger partial charge in [0.05, 0.1) is 12.5 Å². The summed E-state index contributed by atoms with van der Waals surface area (Å²) >= 11 is 0. The van der Waals surface area contributed by atoms with Crippen LogP contribution in [0.2, 0.25) is 0 Å². The topological polar surface area (TPSA) is 18.5 Å². The van der Waals surface area contributed by atoms with Crippen molar-refractivity contribution in [1.82, 2.24) is 0 Å². The van der Waals surface area contributed by atoms with E-state index in [0.717, 1.165) is 94.7 Å². The SMILES string of the molecule is C=COC1CC2CC1C1C2CC2C3CCC(C3)C21.C=COC1CC2CC1C1C3CC(C4CCCC43)C21. The molecular weight excluding hydrogens is 440 g/mol. The molecule has 10 aliphatic rings. The summed E-state index contributed by atoms with van der Waals surface area (Å²) < 4.78 is 11.7. The van der Waals surface area contributed by atoms with Crippen molar-refractivity contribution in [3.05, 3.63) is 25.7 Å². The van der Waals surface area contributed by atoms with Crippen LogP contribution in [0.1, 0.15) is 77.0 Å². The molecule has 0 aromatic rings. The zero-order chi connectivity index (χ0) is 23.7. The molecule has 0 radical (unpaired) electrons. The summed E-state index contributed by atoms with van der Waals surface area (Å²) in [4.78, 5) is 0. The van der Waals surface area contributed by atoms with Crippen molar-refractivity contribution in [3.8, 4) is 0 Å². The van der Waals surface area contributed by atoms with Crippen LogP contribution in [0, 0.1) is 94.7 Å². The van der Waals surface area contributed by atoms with Crippen LogP contribution in [0.25, 0.3) is 0 Å². The highest BCUT2D eigenvalue weighted by Crippen LogP contribution is 2.73. The lowest BCUT2D eigenvalue weighted by atomic mass is 9.64. The molecule has 2 nitrogen and oxygen atoms in total. The van der Waals surface area contributed by atoms with Gasteiger partial charge >= 0.3 is 0 Å². The van der Waals surface area contributed by atoms with E-state index in [0.29, 0.717) is 12.2 Å². The Morgan fingerprint density at radius 2 is 0.972 bits per heavy atom. The second-order valence-electron chi connectivity index (χ2n) is 15.5. The Hall–Kier alpha value is -0.920. The van der Waals surface area contributed by atoms with E-state index in [4.69, 9.17) is 9.47 Å². The maximum absolute atomic E-state index is 5.84. The van der Waals surface area contributed by atoms with Crippen LogP contribution >= 0.6 is 0 Å². The Kier molecular flexibility index (Phi) is 4.77. The fraction of sp³-hybridized carbons (Fsp3) is 0.882. The van der Waals surface area contributed by atoms with Gasteiger partial charge < -0.3 is 9.47 Å². The number of ether oxygens (including phenoxy) is 2. The van der Waals surface area contributed by atoms with Gasteiger partial charge in [0, 0.05) is 0 Å². The van der Waals surface area contributed by atoms with Crippen molar-refractivity contribution in [2.24, 2.45) is 94.7 Å². The molecule has 196 valence electrons. The van der Waals surface area contributed by atoms with Crippen molar-refractivity contribution in [1.29, 1.82) is 0 Å². The fourth-order valence-corrected chi connectivity index (χ4v) is 14.9. The summed E-state index contributed by atoms with van der Waals surface area (Å²) in [6.45, 7) is 7.55. The first-order valence-corrected chi connectivity index (χ1v) is 16.3. The Morgan fingerprint density at radius 3 is 1.72 bits per heavy atom. The normalized spacial score (nSPS) is 63.0. The van der Waals surface area contributed by atoms with Gasteiger partial charge in [-0.25, -0.2) is 0 Å². The number of hydrogen-bond donors (Lipinski definition) is 0. The maximum atomic E-state index is 5.84. The molecule has 0 aliphatic heterocycles. The third kappa shape index (κ3) is 2.71. The van der Waals surface area contributed by atoms with E-state index in [1.807, 2.05) is 0 Å². The minimum Gasteiger partial charge on any atom is -0.498 e. The van der Waals surface area contributed by atoms with E-state index in [2.05, 4.69) is 13.2 Å². The lowest BCUT2D eigenvalue weighted by Crippen LogP contribution is -2.40. The minimum absolute atomic E-state index is 0.534. The van der Waals surface area contributed by atoms with Gasteiger partial charge in [0.15, 0.2) is 0 Å². The van der Waals surface area contributed by atoms with Crippen LogP contribution in [0.5, 0.6) is 0 Å². The number of rotatable bonds is 4. The Bertz CT molecular complexity index is 926. The first-order valence-electron chi connectivity index (χ1n) is 16.3. The zero-order valence-electron chi connectivity index (χ0n) is 22.3. The van der Waals surface area contributed by atoms with Crippen LogP contribution in [0.4, 0.5) is 0 Å². The van der Waals surface area contributed by atoms with Crippen LogP contribution < -0.4 is 0 Å². The highest BCUT2D eigenvalue weighted by atomic mass is 16.5. The molecule has 0 amide bonds. The van der Waals surface area contributed by atoms with Crippen LogP contribution in [-0.2, 0) is 9.47 Å². The van der Waals surface area contributed by atoms with Gasteiger partial charge in [0.2, 0.25) is 0 Å². The minimum atomic E-state index is 0.534. The third-order valence-corrected chi connectivity index (χ3v) is 15.2. The lowest BCUT2D eigenvalue weighted by molar-refractivity contribution is -0.00704. The molecule has 10 fully saturated rings. The van der Waals surface area contributed by atoms with Gasteiger partial charge in [-0.15, -0.1) is 0 Å². The fourth-order valence-electron chi connectivity index (χ4n) is 14.9. The summed E-state index contributed by atoms with van der Waals surface area (Å²) in [6, 6.07) is 0. The lowest BCUT2D eigenvalue weighted by Gasteiger charge is -2.43. The second kappa shape index (κ2) is 7.81. The molecule has 2 heteroatoms. The molecule has 0 spiro atoms. The van der Waals surface area contributed by atoms with Crippen molar-refractivity contribution < 1.29 is 9.47 Å². The first kappa shape index (κ1) is 22.0. The van der Waals surface area contributed by atoms with E-state index in [-0.39, 0.29) is 0 Å². The summed E-state index contributed by atoms with van der Waals surface area (Å²) in [5.74, 6) is 17.1. The third-order valence-electron chi connectivity index (χ3n) is 15.2. The summed E-state index contributed by atoms with van der Waals surface area (Å²) in [7, 11) is 0. The molecule has 36 heavy (non-hydrogen) atoms. The molecule has 18 unspecified atom stereocenters. The molecule has 0 aromatic carbocycles. The van der Waals surface area contributed by atoms with E-state index >= 15 is 0 Å². The van der Waals surface area contributed by atoms with Crippen LogP contribution in [-0.4, -0.2) is 12.2 Å². The summed E-state index contributed by atoms with van der Waals surface area (Å²) in [5, 5.41) is 0. The number of hydrogen-bond acceptors (Lipinski definition) is 2. The zero-order valence-corrected chi connectivity index (χ0v) is 22.3. The van der Waals surface area contributed by atoms with Crippen LogP contribution in [0.15, 0.2) is 25.7 Å². The molecule has 10 rings (SSSR count). The predicted octanol–water partition coefficient (Wildman–Crippen LogP) is 7.71. The molecule has 0 heterocycles. The monoisotopic (exact) mass is 488 g/mol. The van der Waals surface area contributed by atoms with Crippen molar-refractivity contribution in [2.45, 2.75) is 89.3 Å². The van der Waals surface area contributed by atoms with Crippen LogP contribution in [0.3, 0.4) is 0 Å². The van der Waals surface area contributed by atoms with Gasteiger partial charge in [-0.3, -0.25) is 0 Å². The average Bonchev–Trinajstić information content (AvgIpc) is 3.72. The van der Waals surface area contributed by atoms with E-state index in [1.165, 1.54) is 32.1 Å². The smallest absolute Gasteiger partial charge is 0.101 e.